The summed E-state index contributed by atoms with van der Waals surface area (Å²) in [6.07, 6.45) is 3.21. The Labute approximate surface area is 191 Å². The summed E-state index contributed by atoms with van der Waals surface area (Å²) in [4.78, 5) is 0. The smallest absolute Gasteiger partial charge is 0.157 e. The molecule has 9 nitrogen and oxygen atoms in total. The van der Waals surface area contributed by atoms with Crippen LogP contribution in [0.3, 0.4) is 0 Å². The minimum atomic E-state index is -0.0583. The van der Waals surface area contributed by atoms with E-state index in [1.54, 1.807) is 6.07 Å². The molecule has 0 aromatic heterocycles. The van der Waals surface area contributed by atoms with E-state index in [9.17, 15) is 0 Å². The van der Waals surface area contributed by atoms with Crippen LogP contribution in [0, 0.1) is 0 Å². The van der Waals surface area contributed by atoms with Gasteiger partial charge in [-0.15, -0.1) is 0 Å². The summed E-state index contributed by atoms with van der Waals surface area (Å²) in [5, 5.41) is 0. The fourth-order valence-electron chi connectivity index (χ4n) is 2.89. The van der Waals surface area contributed by atoms with E-state index in [0.29, 0.717) is 90.7 Å². The second kappa shape index (κ2) is 19.0. The van der Waals surface area contributed by atoms with E-state index in [4.69, 9.17) is 43.6 Å². The van der Waals surface area contributed by atoms with Crippen LogP contribution in [0.1, 0.15) is 19.3 Å². The summed E-state index contributed by atoms with van der Waals surface area (Å²) in [6.45, 7) is 7.05. The molecule has 0 saturated carbocycles. The topological polar surface area (TPSA) is 99.9 Å². The lowest BCUT2D eigenvalue weighted by molar-refractivity contribution is -0.169. The third-order valence-corrected chi connectivity index (χ3v) is 4.56. The first kappa shape index (κ1) is 26.8. The molecular weight excluding hydrogens is 418 g/mol. The molecule has 0 radical (unpaired) electrons. The van der Waals surface area contributed by atoms with Gasteiger partial charge in [0.1, 0.15) is 12.4 Å². The molecule has 1 atom stereocenters. The fraction of sp³-hybridized carbons (Fsp3) is 0.739. The van der Waals surface area contributed by atoms with Crippen LogP contribution in [0.5, 0.6) is 5.75 Å². The average molecular weight is 458 g/mol. The van der Waals surface area contributed by atoms with Crippen molar-refractivity contribution in [3.05, 3.63) is 24.3 Å². The molecule has 1 aliphatic heterocycles. The third-order valence-electron chi connectivity index (χ3n) is 4.56. The SMILES string of the molecule is Nc1ccccc1OCCOCCOCCOCCOCCOCCOC1CCCCO1. The van der Waals surface area contributed by atoms with Gasteiger partial charge in [0.15, 0.2) is 6.29 Å². The number of hydrogen-bond acceptors (Lipinski definition) is 9. The number of para-hydroxylation sites is 2. The van der Waals surface area contributed by atoms with Gasteiger partial charge < -0.3 is 43.6 Å². The number of rotatable bonds is 20. The van der Waals surface area contributed by atoms with Crippen molar-refractivity contribution < 1.29 is 37.9 Å². The molecule has 0 bridgehead atoms. The van der Waals surface area contributed by atoms with E-state index in [1.807, 2.05) is 18.2 Å². The van der Waals surface area contributed by atoms with Gasteiger partial charge in [0.05, 0.1) is 78.4 Å². The minimum Gasteiger partial charge on any atom is -0.489 e. The van der Waals surface area contributed by atoms with E-state index in [-0.39, 0.29) is 6.29 Å². The summed E-state index contributed by atoms with van der Waals surface area (Å²) in [7, 11) is 0. The molecule has 1 heterocycles. The molecule has 9 heteroatoms. The lowest BCUT2D eigenvalue weighted by atomic mass is 10.2. The van der Waals surface area contributed by atoms with Crippen LogP contribution in [0.15, 0.2) is 24.3 Å². The Morgan fingerprint density at radius 3 is 1.75 bits per heavy atom. The van der Waals surface area contributed by atoms with Gasteiger partial charge in [-0.05, 0) is 31.4 Å². The first-order chi connectivity index (χ1) is 15.9. The van der Waals surface area contributed by atoms with Crippen molar-refractivity contribution in [2.75, 3.05) is 91.6 Å². The van der Waals surface area contributed by atoms with Gasteiger partial charge in [0.25, 0.3) is 0 Å². The first-order valence-corrected chi connectivity index (χ1v) is 11.5. The number of benzene rings is 1. The molecule has 2 rings (SSSR count). The van der Waals surface area contributed by atoms with Gasteiger partial charge in [-0.1, -0.05) is 12.1 Å². The highest BCUT2D eigenvalue weighted by atomic mass is 16.7. The maximum atomic E-state index is 5.80. The third kappa shape index (κ3) is 13.8. The molecular formula is C23H39NO8. The van der Waals surface area contributed by atoms with E-state index in [2.05, 4.69) is 0 Å². The summed E-state index contributed by atoms with van der Waals surface area (Å²) >= 11 is 0. The Hall–Kier alpha value is -1.46. The minimum absolute atomic E-state index is 0.0583. The van der Waals surface area contributed by atoms with Crippen LogP contribution >= 0.6 is 0 Å². The molecule has 0 aliphatic carbocycles. The Kier molecular flexibility index (Phi) is 15.9. The van der Waals surface area contributed by atoms with Crippen LogP contribution in [-0.4, -0.2) is 92.2 Å². The first-order valence-electron chi connectivity index (χ1n) is 11.5. The number of nitrogens with two attached hydrogens (primary N) is 1. The largest absolute Gasteiger partial charge is 0.489 e. The highest BCUT2D eigenvalue weighted by Crippen LogP contribution is 2.19. The number of nitrogen functional groups attached to an aromatic ring is 1. The molecule has 1 aliphatic rings. The van der Waals surface area contributed by atoms with E-state index in [1.165, 1.54) is 6.42 Å². The van der Waals surface area contributed by atoms with Crippen LogP contribution in [0.4, 0.5) is 5.69 Å². The molecule has 1 aromatic rings. The van der Waals surface area contributed by atoms with E-state index >= 15 is 0 Å². The molecule has 0 amide bonds. The summed E-state index contributed by atoms with van der Waals surface area (Å²) in [5.74, 6) is 0.677. The van der Waals surface area contributed by atoms with Crippen molar-refractivity contribution in [2.24, 2.45) is 0 Å². The maximum Gasteiger partial charge on any atom is 0.157 e. The second-order valence-corrected chi connectivity index (χ2v) is 7.12. The Morgan fingerprint density at radius 1 is 0.688 bits per heavy atom. The van der Waals surface area contributed by atoms with Crippen LogP contribution in [0.2, 0.25) is 0 Å². The number of hydrogen-bond donors (Lipinski definition) is 1. The highest BCUT2D eigenvalue weighted by Gasteiger charge is 2.13. The van der Waals surface area contributed by atoms with Gasteiger partial charge >= 0.3 is 0 Å². The summed E-state index contributed by atoms with van der Waals surface area (Å²) in [5.41, 5.74) is 6.43. The van der Waals surface area contributed by atoms with Gasteiger partial charge in [0, 0.05) is 6.61 Å². The average Bonchev–Trinajstić information content (AvgIpc) is 2.82. The Balaban J connectivity index is 1.21. The van der Waals surface area contributed by atoms with Crippen molar-refractivity contribution in [1.82, 2.24) is 0 Å². The lowest BCUT2D eigenvalue weighted by Crippen LogP contribution is -2.24. The van der Waals surface area contributed by atoms with Crippen molar-refractivity contribution in [3.8, 4) is 5.75 Å². The van der Waals surface area contributed by atoms with Crippen LogP contribution in [-0.2, 0) is 33.2 Å². The fourth-order valence-corrected chi connectivity index (χ4v) is 2.89. The van der Waals surface area contributed by atoms with Crippen molar-refractivity contribution in [2.45, 2.75) is 25.6 Å². The van der Waals surface area contributed by atoms with E-state index in [0.717, 1.165) is 19.4 Å². The van der Waals surface area contributed by atoms with Gasteiger partial charge in [0.2, 0.25) is 0 Å². The summed E-state index contributed by atoms with van der Waals surface area (Å²) < 4.78 is 43.9. The zero-order valence-electron chi connectivity index (χ0n) is 19.0. The van der Waals surface area contributed by atoms with Crippen LogP contribution in [0.25, 0.3) is 0 Å². The number of anilines is 1. The molecule has 1 unspecified atom stereocenters. The van der Waals surface area contributed by atoms with Crippen molar-refractivity contribution >= 4 is 5.69 Å². The van der Waals surface area contributed by atoms with Gasteiger partial charge in [-0.2, -0.15) is 0 Å². The predicted molar refractivity (Wildman–Crippen MR) is 120 cm³/mol. The molecule has 0 spiro atoms. The molecule has 1 saturated heterocycles. The van der Waals surface area contributed by atoms with Crippen LogP contribution < -0.4 is 10.5 Å². The normalized spacial score (nSPS) is 16.3. The maximum absolute atomic E-state index is 5.80. The second-order valence-electron chi connectivity index (χ2n) is 7.12. The van der Waals surface area contributed by atoms with Crippen molar-refractivity contribution in [3.63, 3.8) is 0 Å². The van der Waals surface area contributed by atoms with Gasteiger partial charge in [-0.25, -0.2) is 0 Å². The zero-order valence-corrected chi connectivity index (χ0v) is 19.0. The lowest BCUT2D eigenvalue weighted by Gasteiger charge is -2.22. The standard InChI is InChI=1S/C23H39NO8/c24-21-5-1-2-6-22(21)30-19-17-28-15-13-26-11-9-25-10-12-27-14-16-29-18-20-32-23-7-3-4-8-31-23/h1-2,5-6,23H,3-4,7-20,24H2. The molecule has 1 aromatic carbocycles. The van der Waals surface area contributed by atoms with Crippen molar-refractivity contribution in [1.29, 1.82) is 0 Å². The predicted octanol–water partition coefficient (Wildman–Crippen LogP) is 2.27. The molecule has 32 heavy (non-hydrogen) atoms. The highest BCUT2D eigenvalue weighted by molar-refractivity contribution is 5.51. The molecule has 2 N–H and O–H groups in total. The van der Waals surface area contributed by atoms with Gasteiger partial charge in [-0.3, -0.25) is 0 Å². The number of ether oxygens (including phenoxy) is 8. The monoisotopic (exact) mass is 457 g/mol. The zero-order chi connectivity index (χ0) is 22.5. The van der Waals surface area contributed by atoms with E-state index < -0.39 is 0 Å². The quantitative estimate of drug-likeness (QED) is 0.233. The molecule has 184 valence electrons. The Morgan fingerprint density at radius 2 is 1.22 bits per heavy atom. The molecule has 1 fully saturated rings. The summed E-state index contributed by atoms with van der Waals surface area (Å²) in [6, 6.07) is 7.39. The Bertz CT molecular complexity index is 557.